The zero-order chi connectivity index (χ0) is 15.3. The number of amides is 1. The molecule has 1 amide bonds. The summed E-state index contributed by atoms with van der Waals surface area (Å²) in [5.74, 6) is 0.668. The molecule has 114 valence electrons. The number of nitrogens with one attached hydrogen (secondary N) is 1. The van der Waals surface area contributed by atoms with Crippen molar-refractivity contribution in [2.24, 2.45) is 22.5 Å². The molecule has 19 heavy (non-hydrogen) atoms. The van der Waals surface area contributed by atoms with Crippen molar-refractivity contribution in [1.29, 1.82) is 0 Å². The highest BCUT2D eigenvalue weighted by molar-refractivity contribution is 5.76. The summed E-state index contributed by atoms with van der Waals surface area (Å²) in [6.07, 6.45) is 2.51. The zero-order valence-electron chi connectivity index (χ0n) is 14.0. The first kappa shape index (κ1) is 18.4. The average molecular weight is 270 g/mol. The van der Waals surface area contributed by atoms with Gasteiger partial charge in [-0.25, -0.2) is 0 Å². The summed E-state index contributed by atoms with van der Waals surface area (Å²) in [7, 11) is 0. The van der Waals surface area contributed by atoms with Gasteiger partial charge in [0.15, 0.2) is 0 Å². The third kappa shape index (κ3) is 7.56. The quantitative estimate of drug-likeness (QED) is 0.778. The van der Waals surface area contributed by atoms with E-state index in [1.165, 1.54) is 0 Å². The Balaban J connectivity index is 4.27. The van der Waals surface area contributed by atoms with Gasteiger partial charge in [0.25, 0.3) is 0 Å². The van der Waals surface area contributed by atoms with Crippen molar-refractivity contribution in [3.63, 3.8) is 0 Å². The molecule has 3 N–H and O–H groups in total. The van der Waals surface area contributed by atoms with Crippen molar-refractivity contribution < 1.29 is 4.79 Å². The van der Waals surface area contributed by atoms with E-state index >= 15 is 0 Å². The molecule has 3 heteroatoms. The number of nitrogens with two attached hydrogens (primary N) is 1. The van der Waals surface area contributed by atoms with Crippen LogP contribution >= 0.6 is 0 Å². The van der Waals surface area contributed by atoms with Crippen molar-refractivity contribution in [3.05, 3.63) is 0 Å². The Hall–Kier alpha value is -0.570. The number of hydrogen-bond acceptors (Lipinski definition) is 2. The minimum Gasteiger partial charge on any atom is -0.353 e. The van der Waals surface area contributed by atoms with Crippen LogP contribution in [-0.2, 0) is 4.79 Å². The van der Waals surface area contributed by atoms with E-state index in [0.717, 1.165) is 12.8 Å². The molecule has 0 saturated carbocycles. The fourth-order valence-electron chi connectivity index (χ4n) is 2.05. The Labute approximate surface area is 119 Å². The summed E-state index contributed by atoms with van der Waals surface area (Å²) in [5.41, 5.74) is 5.99. The van der Waals surface area contributed by atoms with Gasteiger partial charge in [0.2, 0.25) is 5.91 Å². The fraction of sp³-hybridized carbons (Fsp3) is 0.938. The van der Waals surface area contributed by atoms with Crippen molar-refractivity contribution in [3.8, 4) is 0 Å². The summed E-state index contributed by atoms with van der Waals surface area (Å²) < 4.78 is 0. The number of carbonyl (C=O) groups excluding carboxylic acids is 1. The second-order valence-corrected chi connectivity index (χ2v) is 7.83. The van der Waals surface area contributed by atoms with Gasteiger partial charge in [-0.3, -0.25) is 4.79 Å². The van der Waals surface area contributed by atoms with E-state index in [-0.39, 0.29) is 22.8 Å². The van der Waals surface area contributed by atoms with Crippen LogP contribution in [0.3, 0.4) is 0 Å². The van der Waals surface area contributed by atoms with Gasteiger partial charge >= 0.3 is 0 Å². The van der Waals surface area contributed by atoms with Gasteiger partial charge in [-0.15, -0.1) is 0 Å². The van der Waals surface area contributed by atoms with Crippen LogP contribution in [0.1, 0.15) is 67.7 Å². The SMILES string of the molecule is CC(NC(=O)CCC(CCN)C(C)(C)C)C(C)(C)C. The molecule has 2 atom stereocenters. The molecule has 0 heterocycles. The van der Waals surface area contributed by atoms with Crippen molar-refractivity contribution in [2.75, 3.05) is 6.54 Å². The van der Waals surface area contributed by atoms with Crippen molar-refractivity contribution >= 4 is 5.91 Å². The Morgan fingerprint density at radius 3 is 1.95 bits per heavy atom. The summed E-state index contributed by atoms with van der Waals surface area (Å²) in [4.78, 5) is 12.0. The van der Waals surface area contributed by atoms with Crippen LogP contribution in [0, 0.1) is 16.7 Å². The van der Waals surface area contributed by atoms with Gasteiger partial charge in [-0.05, 0) is 43.1 Å². The highest BCUT2D eigenvalue weighted by Crippen LogP contribution is 2.32. The topological polar surface area (TPSA) is 55.1 Å². The molecule has 0 aromatic carbocycles. The Morgan fingerprint density at radius 1 is 1.05 bits per heavy atom. The van der Waals surface area contributed by atoms with Crippen LogP contribution in [0.2, 0.25) is 0 Å². The molecule has 0 aromatic heterocycles. The number of hydrogen-bond donors (Lipinski definition) is 2. The molecule has 0 aromatic rings. The molecule has 0 rings (SSSR count). The smallest absolute Gasteiger partial charge is 0.220 e. The average Bonchev–Trinajstić information content (AvgIpc) is 2.20. The van der Waals surface area contributed by atoms with Gasteiger partial charge in [0.1, 0.15) is 0 Å². The van der Waals surface area contributed by atoms with Gasteiger partial charge < -0.3 is 11.1 Å². The predicted molar refractivity (Wildman–Crippen MR) is 82.9 cm³/mol. The summed E-state index contributed by atoms with van der Waals surface area (Å²) in [5, 5.41) is 3.10. The first-order chi connectivity index (χ1) is 8.48. The van der Waals surface area contributed by atoms with E-state index in [4.69, 9.17) is 5.73 Å². The van der Waals surface area contributed by atoms with Crippen molar-refractivity contribution in [1.82, 2.24) is 5.32 Å². The molecule has 3 nitrogen and oxygen atoms in total. The fourth-order valence-corrected chi connectivity index (χ4v) is 2.05. The predicted octanol–water partition coefficient (Wildman–Crippen LogP) is 3.33. The Kier molecular flexibility index (Phi) is 7.06. The van der Waals surface area contributed by atoms with E-state index in [9.17, 15) is 4.79 Å². The highest BCUT2D eigenvalue weighted by atomic mass is 16.1. The van der Waals surface area contributed by atoms with Crippen LogP contribution in [-0.4, -0.2) is 18.5 Å². The van der Waals surface area contributed by atoms with Crippen LogP contribution in [0.25, 0.3) is 0 Å². The monoisotopic (exact) mass is 270 g/mol. The third-order valence-electron chi connectivity index (χ3n) is 4.14. The molecule has 0 fully saturated rings. The lowest BCUT2D eigenvalue weighted by molar-refractivity contribution is -0.122. The van der Waals surface area contributed by atoms with E-state index in [0.29, 0.717) is 18.9 Å². The largest absolute Gasteiger partial charge is 0.353 e. The van der Waals surface area contributed by atoms with Gasteiger partial charge in [-0.1, -0.05) is 41.5 Å². The molecule has 2 unspecified atom stereocenters. The molecule has 0 spiro atoms. The molecular formula is C16H34N2O. The van der Waals surface area contributed by atoms with E-state index in [1.807, 2.05) is 0 Å². The molecule has 0 saturated heterocycles. The van der Waals surface area contributed by atoms with E-state index < -0.39 is 0 Å². The standard InChI is InChI=1S/C16H34N2O/c1-12(15(2,3)4)18-14(19)9-8-13(10-11-17)16(5,6)7/h12-13H,8-11,17H2,1-7H3,(H,18,19). The van der Waals surface area contributed by atoms with E-state index in [2.05, 4.69) is 53.8 Å². The van der Waals surface area contributed by atoms with Gasteiger partial charge in [0, 0.05) is 12.5 Å². The molecule has 0 radical (unpaired) electrons. The second-order valence-electron chi connectivity index (χ2n) is 7.83. The molecular weight excluding hydrogens is 236 g/mol. The number of carbonyl (C=O) groups is 1. The summed E-state index contributed by atoms with van der Waals surface area (Å²) in [6, 6.07) is 0.197. The summed E-state index contributed by atoms with van der Waals surface area (Å²) in [6.45, 7) is 15.9. The molecule has 0 aliphatic carbocycles. The van der Waals surface area contributed by atoms with Crippen molar-refractivity contribution in [2.45, 2.75) is 73.8 Å². The van der Waals surface area contributed by atoms with Crippen LogP contribution in [0.5, 0.6) is 0 Å². The van der Waals surface area contributed by atoms with E-state index in [1.54, 1.807) is 0 Å². The lowest BCUT2D eigenvalue weighted by Crippen LogP contribution is -2.41. The minimum atomic E-state index is 0.107. The first-order valence-corrected chi connectivity index (χ1v) is 7.48. The van der Waals surface area contributed by atoms with Gasteiger partial charge in [-0.2, -0.15) is 0 Å². The molecule has 0 aliphatic rings. The Morgan fingerprint density at radius 2 is 1.58 bits per heavy atom. The van der Waals surface area contributed by atoms with Crippen LogP contribution < -0.4 is 11.1 Å². The maximum Gasteiger partial charge on any atom is 0.220 e. The third-order valence-corrected chi connectivity index (χ3v) is 4.14. The second kappa shape index (κ2) is 7.28. The van der Waals surface area contributed by atoms with Crippen LogP contribution in [0.4, 0.5) is 0 Å². The number of rotatable bonds is 6. The maximum absolute atomic E-state index is 12.0. The normalized spacial score (nSPS) is 16.0. The van der Waals surface area contributed by atoms with Crippen LogP contribution in [0.15, 0.2) is 0 Å². The maximum atomic E-state index is 12.0. The molecule has 0 aliphatic heterocycles. The van der Waals surface area contributed by atoms with Gasteiger partial charge in [0.05, 0.1) is 0 Å². The lowest BCUT2D eigenvalue weighted by Gasteiger charge is -2.31. The highest BCUT2D eigenvalue weighted by Gasteiger charge is 2.26. The minimum absolute atomic E-state index is 0.107. The zero-order valence-corrected chi connectivity index (χ0v) is 14.0. The molecule has 0 bridgehead atoms. The lowest BCUT2D eigenvalue weighted by atomic mass is 9.76. The Bertz CT molecular complexity index is 273. The summed E-state index contributed by atoms with van der Waals surface area (Å²) >= 11 is 0. The first-order valence-electron chi connectivity index (χ1n) is 7.48.